The molecule has 0 aliphatic heterocycles. The lowest BCUT2D eigenvalue weighted by Gasteiger charge is -2.12. The molecule has 1 aromatic rings. The number of rotatable bonds is 5. The van der Waals surface area contributed by atoms with Gasteiger partial charge in [-0.3, -0.25) is 14.9 Å². The highest BCUT2D eigenvalue weighted by atomic mass is 79.9. The molecule has 0 radical (unpaired) electrons. The molecule has 1 unspecified atom stereocenters. The number of amides is 1. The van der Waals surface area contributed by atoms with E-state index in [0.29, 0.717) is 4.47 Å². The summed E-state index contributed by atoms with van der Waals surface area (Å²) in [6.45, 7) is 3.34. The van der Waals surface area contributed by atoms with Crippen LogP contribution in [-0.2, 0) is 9.53 Å². The topological polar surface area (TPSA) is 98.5 Å². The van der Waals surface area contributed by atoms with Gasteiger partial charge in [0, 0.05) is 22.2 Å². The fourth-order valence-electron chi connectivity index (χ4n) is 1.42. The summed E-state index contributed by atoms with van der Waals surface area (Å²) in [5.74, 6) is -1.15. The van der Waals surface area contributed by atoms with Gasteiger partial charge in [-0.2, -0.15) is 0 Å². The number of benzene rings is 1. The molecule has 7 nitrogen and oxygen atoms in total. The third-order valence-corrected chi connectivity index (χ3v) is 2.80. The molecule has 0 spiro atoms. The quantitative estimate of drug-likeness (QED) is 0.500. The zero-order valence-electron chi connectivity index (χ0n) is 10.9. The van der Waals surface area contributed by atoms with Gasteiger partial charge in [-0.25, -0.2) is 4.79 Å². The van der Waals surface area contributed by atoms with E-state index in [2.05, 4.69) is 21.2 Å². The molecular weight excluding hydrogens is 332 g/mol. The number of carbonyl (C=O) groups is 2. The number of non-ortho nitro benzene ring substituents is 1. The first-order chi connectivity index (χ1) is 9.35. The summed E-state index contributed by atoms with van der Waals surface area (Å²) in [6.07, 6.45) is 0. The Morgan fingerprint density at radius 2 is 2.10 bits per heavy atom. The molecule has 0 aromatic heterocycles. The Hall–Kier alpha value is -1.96. The van der Waals surface area contributed by atoms with E-state index in [1.807, 2.05) is 0 Å². The molecule has 0 bridgehead atoms. The van der Waals surface area contributed by atoms with Crippen LogP contribution in [0, 0.1) is 10.1 Å². The number of halogens is 1. The summed E-state index contributed by atoms with van der Waals surface area (Å²) >= 11 is 3.09. The van der Waals surface area contributed by atoms with Crippen molar-refractivity contribution in [1.29, 1.82) is 0 Å². The van der Waals surface area contributed by atoms with Crippen LogP contribution in [0.1, 0.15) is 24.2 Å². The lowest BCUT2D eigenvalue weighted by atomic mass is 10.2. The van der Waals surface area contributed by atoms with E-state index >= 15 is 0 Å². The first kappa shape index (κ1) is 16.1. The number of nitro groups is 1. The van der Waals surface area contributed by atoms with Crippen molar-refractivity contribution in [2.75, 3.05) is 6.61 Å². The van der Waals surface area contributed by atoms with Crippen molar-refractivity contribution in [2.24, 2.45) is 0 Å². The fourth-order valence-corrected chi connectivity index (χ4v) is 1.90. The minimum atomic E-state index is -0.833. The van der Waals surface area contributed by atoms with Crippen molar-refractivity contribution in [1.82, 2.24) is 5.32 Å². The van der Waals surface area contributed by atoms with Crippen LogP contribution in [0.5, 0.6) is 0 Å². The predicted octanol–water partition coefficient (Wildman–Crippen LogP) is 2.04. The van der Waals surface area contributed by atoms with Crippen molar-refractivity contribution >= 4 is 33.5 Å². The van der Waals surface area contributed by atoms with Gasteiger partial charge in [0.15, 0.2) is 0 Å². The zero-order valence-corrected chi connectivity index (χ0v) is 12.5. The Morgan fingerprint density at radius 3 is 2.65 bits per heavy atom. The van der Waals surface area contributed by atoms with Crippen LogP contribution in [0.2, 0.25) is 0 Å². The Balaban J connectivity index is 2.87. The summed E-state index contributed by atoms with van der Waals surface area (Å²) in [4.78, 5) is 33.4. The van der Waals surface area contributed by atoms with Crippen LogP contribution in [0.25, 0.3) is 0 Å². The van der Waals surface area contributed by atoms with Gasteiger partial charge in [-0.1, -0.05) is 15.9 Å². The van der Waals surface area contributed by atoms with Crippen molar-refractivity contribution in [3.05, 3.63) is 38.3 Å². The fraction of sp³-hybridized carbons (Fsp3) is 0.333. The van der Waals surface area contributed by atoms with Crippen molar-refractivity contribution in [2.45, 2.75) is 19.9 Å². The van der Waals surface area contributed by atoms with Gasteiger partial charge in [-0.05, 0) is 19.9 Å². The maximum Gasteiger partial charge on any atom is 0.328 e. The number of ether oxygens (including phenoxy) is 1. The predicted molar refractivity (Wildman–Crippen MR) is 74.4 cm³/mol. The first-order valence-electron chi connectivity index (χ1n) is 5.77. The van der Waals surface area contributed by atoms with Crippen LogP contribution in [0.4, 0.5) is 5.69 Å². The van der Waals surface area contributed by atoms with Crippen LogP contribution in [-0.4, -0.2) is 29.4 Å². The standard InChI is InChI=1S/C12H13BrN2O5/c1-3-20-12(17)7(2)14-11(16)8-4-9(13)6-10(5-8)15(18)19/h4-7H,3H2,1-2H3,(H,14,16). The Bertz CT molecular complexity index is 547. The number of hydrogen-bond acceptors (Lipinski definition) is 5. The Kier molecular flexibility index (Phi) is 5.63. The molecule has 0 aliphatic rings. The van der Waals surface area contributed by atoms with E-state index in [1.165, 1.54) is 19.1 Å². The van der Waals surface area contributed by atoms with Crippen molar-refractivity contribution < 1.29 is 19.2 Å². The minimum Gasteiger partial charge on any atom is -0.464 e. The van der Waals surface area contributed by atoms with Gasteiger partial charge >= 0.3 is 5.97 Å². The normalized spacial score (nSPS) is 11.6. The number of nitrogens with one attached hydrogen (secondary N) is 1. The number of nitro benzene ring substituents is 1. The van der Waals surface area contributed by atoms with Gasteiger partial charge in [0.2, 0.25) is 0 Å². The van der Waals surface area contributed by atoms with Crippen LogP contribution >= 0.6 is 15.9 Å². The van der Waals surface area contributed by atoms with Gasteiger partial charge < -0.3 is 10.1 Å². The van der Waals surface area contributed by atoms with E-state index in [9.17, 15) is 19.7 Å². The lowest BCUT2D eigenvalue weighted by molar-refractivity contribution is -0.385. The summed E-state index contributed by atoms with van der Waals surface area (Å²) in [5.41, 5.74) is -0.129. The van der Waals surface area contributed by atoms with E-state index < -0.39 is 22.8 Å². The summed E-state index contributed by atoms with van der Waals surface area (Å²) < 4.78 is 5.16. The summed E-state index contributed by atoms with van der Waals surface area (Å²) in [7, 11) is 0. The molecule has 108 valence electrons. The SMILES string of the molecule is CCOC(=O)C(C)NC(=O)c1cc(Br)cc([N+](=O)[O-])c1. The van der Waals surface area contributed by atoms with Crippen LogP contribution in [0.3, 0.4) is 0 Å². The Morgan fingerprint density at radius 1 is 1.45 bits per heavy atom. The molecule has 0 fully saturated rings. The summed E-state index contributed by atoms with van der Waals surface area (Å²) in [6, 6.07) is 3.02. The molecule has 0 saturated heterocycles. The molecule has 0 saturated carbocycles. The van der Waals surface area contributed by atoms with Crippen LogP contribution < -0.4 is 5.32 Å². The average molecular weight is 345 g/mol. The highest BCUT2D eigenvalue weighted by molar-refractivity contribution is 9.10. The largest absolute Gasteiger partial charge is 0.464 e. The molecule has 1 atom stereocenters. The van der Waals surface area contributed by atoms with Crippen LogP contribution in [0.15, 0.2) is 22.7 Å². The monoisotopic (exact) mass is 344 g/mol. The molecule has 20 heavy (non-hydrogen) atoms. The second kappa shape index (κ2) is 6.99. The molecule has 1 N–H and O–H groups in total. The molecule has 0 aliphatic carbocycles. The molecule has 8 heteroatoms. The highest BCUT2D eigenvalue weighted by Gasteiger charge is 2.19. The van der Waals surface area contributed by atoms with E-state index in [1.54, 1.807) is 6.92 Å². The van der Waals surface area contributed by atoms with Crippen molar-refractivity contribution in [3.8, 4) is 0 Å². The van der Waals surface area contributed by atoms with Crippen molar-refractivity contribution in [3.63, 3.8) is 0 Å². The number of carbonyl (C=O) groups excluding carboxylic acids is 2. The average Bonchev–Trinajstić information content (AvgIpc) is 2.37. The van der Waals surface area contributed by atoms with Gasteiger partial charge in [0.1, 0.15) is 6.04 Å². The molecule has 1 rings (SSSR count). The molecule has 0 heterocycles. The number of hydrogen-bond donors (Lipinski definition) is 1. The van der Waals surface area contributed by atoms with Gasteiger partial charge in [-0.15, -0.1) is 0 Å². The third-order valence-electron chi connectivity index (χ3n) is 2.34. The second-order valence-corrected chi connectivity index (χ2v) is 4.82. The van der Waals surface area contributed by atoms with Gasteiger partial charge in [0.25, 0.3) is 11.6 Å². The van der Waals surface area contributed by atoms with E-state index in [-0.39, 0.29) is 17.9 Å². The number of nitrogens with zero attached hydrogens (tertiary/aromatic N) is 1. The molecular formula is C12H13BrN2O5. The Labute approximate surface area is 123 Å². The zero-order chi connectivity index (χ0) is 15.3. The molecule has 1 amide bonds. The highest BCUT2D eigenvalue weighted by Crippen LogP contribution is 2.21. The smallest absolute Gasteiger partial charge is 0.328 e. The van der Waals surface area contributed by atoms with E-state index in [0.717, 1.165) is 6.07 Å². The molecule has 1 aromatic carbocycles. The first-order valence-corrected chi connectivity index (χ1v) is 6.57. The second-order valence-electron chi connectivity index (χ2n) is 3.90. The summed E-state index contributed by atoms with van der Waals surface area (Å²) in [5, 5.41) is 13.1. The maximum atomic E-state index is 11.9. The maximum absolute atomic E-state index is 11.9. The number of esters is 1. The lowest BCUT2D eigenvalue weighted by Crippen LogP contribution is -2.39. The minimum absolute atomic E-state index is 0.0854. The van der Waals surface area contributed by atoms with Gasteiger partial charge in [0.05, 0.1) is 11.5 Å². The van der Waals surface area contributed by atoms with E-state index in [4.69, 9.17) is 4.74 Å². The third kappa shape index (κ3) is 4.30.